The zero-order valence-corrected chi connectivity index (χ0v) is 8.96. The van der Waals surface area contributed by atoms with Gasteiger partial charge in [0.25, 0.3) is 0 Å². The van der Waals surface area contributed by atoms with Crippen LogP contribution in [0.3, 0.4) is 0 Å². The van der Waals surface area contributed by atoms with E-state index < -0.39 is 0 Å². The average Bonchev–Trinajstić information content (AvgIpc) is 2.69. The molecule has 0 saturated heterocycles. The predicted molar refractivity (Wildman–Crippen MR) is 63.6 cm³/mol. The summed E-state index contributed by atoms with van der Waals surface area (Å²) in [4.78, 5) is 8.51. The fourth-order valence-electron chi connectivity index (χ4n) is 1.93. The fourth-order valence-corrected chi connectivity index (χ4v) is 1.93. The molecular weight excluding hydrogens is 198 g/mol. The molecule has 3 nitrogen and oxygen atoms in total. The number of hydrogen-bond acceptors (Lipinski definition) is 2. The highest BCUT2D eigenvalue weighted by molar-refractivity contribution is 5.85. The summed E-state index contributed by atoms with van der Waals surface area (Å²) < 4.78 is 2.02. The average molecular weight is 209 g/mol. The van der Waals surface area contributed by atoms with E-state index in [1.165, 1.54) is 16.5 Å². The Hall–Kier alpha value is -2.16. The monoisotopic (exact) mass is 209 g/mol. The summed E-state index contributed by atoms with van der Waals surface area (Å²) in [6, 6.07) is 10.1. The van der Waals surface area contributed by atoms with Crippen molar-refractivity contribution in [2.24, 2.45) is 0 Å². The van der Waals surface area contributed by atoms with Gasteiger partial charge in [0.1, 0.15) is 0 Å². The third kappa shape index (κ3) is 1.29. The molecule has 0 aliphatic heterocycles. The lowest BCUT2D eigenvalue weighted by Crippen LogP contribution is -1.99. The van der Waals surface area contributed by atoms with Crippen LogP contribution >= 0.6 is 0 Å². The minimum atomic E-state index is 0.719. The Balaban J connectivity index is 2.29. The summed E-state index contributed by atoms with van der Waals surface area (Å²) in [5.41, 5.74) is 1.17. The number of fused-ring (bicyclic) bond motifs is 1. The Bertz CT molecular complexity index is 626. The maximum absolute atomic E-state index is 4.26. The van der Waals surface area contributed by atoms with Gasteiger partial charge in [0.05, 0.1) is 0 Å². The third-order valence-corrected chi connectivity index (χ3v) is 2.75. The van der Waals surface area contributed by atoms with E-state index in [1.54, 1.807) is 12.4 Å². The third-order valence-electron chi connectivity index (χ3n) is 2.75. The topological polar surface area (TPSA) is 30.7 Å². The van der Waals surface area contributed by atoms with Crippen molar-refractivity contribution in [2.45, 2.75) is 6.92 Å². The molecule has 3 rings (SSSR count). The van der Waals surface area contributed by atoms with Gasteiger partial charge in [-0.1, -0.05) is 24.3 Å². The van der Waals surface area contributed by atoms with E-state index in [1.807, 2.05) is 22.8 Å². The summed E-state index contributed by atoms with van der Waals surface area (Å²) in [7, 11) is 0. The zero-order chi connectivity index (χ0) is 11.0. The predicted octanol–water partition coefficient (Wildman–Crippen LogP) is 2.73. The highest BCUT2D eigenvalue weighted by Gasteiger charge is 2.07. The van der Waals surface area contributed by atoms with Crippen LogP contribution < -0.4 is 0 Å². The van der Waals surface area contributed by atoms with Crippen LogP contribution in [0.25, 0.3) is 16.7 Å². The number of hydrogen-bond donors (Lipinski definition) is 0. The lowest BCUT2D eigenvalue weighted by Gasteiger charge is -2.02. The van der Waals surface area contributed by atoms with Gasteiger partial charge in [0, 0.05) is 35.1 Å². The molecule has 3 heteroatoms. The normalized spacial score (nSPS) is 10.8. The molecule has 0 radical (unpaired) electrons. The van der Waals surface area contributed by atoms with E-state index in [0.29, 0.717) is 0 Å². The van der Waals surface area contributed by atoms with Crippen LogP contribution in [0.2, 0.25) is 0 Å². The summed E-state index contributed by atoms with van der Waals surface area (Å²) >= 11 is 0. The number of benzene rings is 1. The van der Waals surface area contributed by atoms with Gasteiger partial charge in [-0.15, -0.1) is 0 Å². The second-order valence-electron chi connectivity index (χ2n) is 3.72. The Labute approximate surface area is 93.4 Å². The number of aromatic nitrogens is 3. The molecule has 0 aliphatic carbocycles. The van der Waals surface area contributed by atoms with E-state index >= 15 is 0 Å². The van der Waals surface area contributed by atoms with Gasteiger partial charge in [0.2, 0.25) is 5.95 Å². The molecule has 0 fully saturated rings. The second-order valence-corrected chi connectivity index (χ2v) is 3.72. The second kappa shape index (κ2) is 3.45. The molecule has 2 aromatic heterocycles. The number of aryl methyl sites for hydroxylation is 1. The minimum Gasteiger partial charge on any atom is -0.289 e. The van der Waals surface area contributed by atoms with E-state index in [0.717, 1.165) is 5.95 Å². The SMILES string of the molecule is Cc1c2ccccc2cn1-c1ncccn1. The summed E-state index contributed by atoms with van der Waals surface area (Å²) in [6.07, 6.45) is 5.58. The molecule has 0 saturated carbocycles. The van der Waals surface area contributed by atoms with Gasteiger partial charge >= 0.3 is 0 Å². The first-order valence-electron chi connectivity index (χ1n) is 5.20. The standard InChI is InChI=1S/C13H11N3/c1-10-12-6-3-2-5-11(12)9-16(10)13-14-7-4-8-15-13/h2-9H,1H3. The lowest BCUT2D eigenvalue weighted by atomic mass is 10.2. The minimum absolute atomic E-state index is 0.719. The maximum Gasteiger partial charge on any atom is 0.233 e. The van der Waals surface area contributed by atoms with Gasteiger partial charge in [-0.3, -0.25) is 4.57 Å². The first-order chi connectivity index (χ1) is 7.86. The Kier molecular flexibility index (Phi) is 1.96. The van der Waals surface area contributed by atoms with Crippen molar-refractivity contribution < 1.29 is 0 Å². The summed E-state index contributed by atoms with van der Waals surface area (Å²) in [5, 5.41) is 2.46. The van der Waals surface area contributed by atoms with Crippen molar-refractivity contribution in [3.63, 3.8) is 0 Å². The van der Waals surface area contributed by atoms with E-state index in [9.17, 15) is 0 Å². The molecular formula is C13H11N3. The van der Waals surface area contributed by atoms with Crippen molar-refractivity contribution in [3.05, 3.63) is 54.6 Å². The molecule has 0 amide bonds. The molecule has 0 unspecified atom stereocenters. The zero-order valence-electron chi connectivity index (χ0n) is 8.96. The molecule has 3 aromatic rings. The Morgan fingerprint density at radius 1 is 1.00 bits per heavy atom. The number of rotatable bonds is 1. The van der Waals surface area contributed by atoms with Gasteiger partial charge in [-0.05, 0) is 13.0 Å². The lowest BCUT2D eigenvalue weighted by molar-refractivity contribution is 0.907. The Morgan fingerprint density at radius 2 is 1.75 bits per heavy atom. The number of nitrogens with zero attached hydrogens (tertiary/aromatic N) is 3. The molecule has 1 aromatic carbocycles. The summed E-state index contributed by atoms with van der Waals surface area (Å²) in [5.74, 6) is 0.719. The molecule has 2 heterocycles. The van der Waals surface area contributed by atoms with E-state index in [4.69, 9.17) is 0 Å². The van der Waals surface area contributed by atoms with Crippen LogP contribution in [0.1, 0.15) is 5.69 Å². The Morgan fingerprint density at radius 3 is 2.50 bits per heavy atom. The molecule has 0 aliphatic rings. The fraction of sp³-hybridized carbons (Fsp3) is 0.0769. The van der Waals surface area contributed by atoms with Gasteiger partial charge in [-0.2, -0.15) is 0 Å². The van der Waals surface area contributed by atoms with Crippen LogP contribution in [0.4, 0.5) is 0 Å². The first-order valence-corrected chi connectivity index (χ1v) is 5.20. The van der Waals surface area contributed by atoms with Gasteiger partial charge in [-0.25, -0.2) is 9.97 Å². The van der Waals surface area contributed by atoms with Crippen LogP contribution in [-0.2, 0) is 0 Å². The van der Waals surface area contributed by atoms with E-state index in [-0.39, 0.29) is 0 Å². The van der Waals surface area contributed by atoms with Crippen LogP contribution in [0.15, 0.2) is 48.9 Å². The largest absolute Gasteiger partial charge is 0.289 e. The maximum atomic E-state index is 4.26. The molecule has 0 bridgehead atoms. The highest BCUT2D eigenvalue weighted by atomic mass is 15.1. The summed E-state index contributed by atoms with van der Waals surface area (Å²) in [6.45, 7) is 2.08. The van der Waals surface area contributed by atoms with Gasteiger partial charge in [0.15, 0.2) is 0 Å². The van der Waals surface area contributed by atoms with Crippen molar-refractivity contribution >= 4 is 10.8 Å². The highest BCUT2D eigenvalue weighted by Crippen LogP contribution is 2.21. The van der Waals surface area contributed by atoms with Crippen molar-refractivity contribution in [3.8, 4) is 5.95 Å². The molecule has 0 N–H and O–H groups in total. The quantitative estimate of drug-likeness (QED) is 0.617. The first kappa shape index (κ1) is 9.09. The van der Waals surface area contributed by atoms with Crippen molar-refractivity contribution in [1.82, 2.24) is 14.5 Å². The molecule has 0 spiro atoms. The van der Waals surface area contributed by atoms with Crippen LogP contribution in [-0.4, -0.2) is 14.5 Å². The van der Waals surface area contributed by atoms with Crippen LogP contribution in [0, 0.1) is 6.92 Å². The van der Waals surface area contributed by atoms with Crippen molar-refractivity contribution in [2.75, 3.05) is 0 Å². The molecule has 0 atom stereocenters. The molecule has 16 heavy (non-hydrogen) atoms. The smallest absolute Gasteiger partial charge is 0.233 e. The van der Waals surface area contributed by atoms with Crippen LogP contribution in [0.5, 0.6) is 0 Å². The van der Waals surface area contributed by atoms with Gasteiger partial charge < -0.3 is 0 Å². The van der Waals surface area contributed by atoms with E-state index in [2.05, 4.69) is 35.2 Å². The van der Waals surface area contributed by atoms with Crippen molar-refractivity contribution in [1.29, 1.82) is 0 Å². The molecule has 78 valence electrons.